The van der Waals surface area contributed by atoms with Crippen LogP contribution in [-0.4, -0.2) is 39.5 Å². The number of amides is 2. The van der Waals surface area contributed by atoms with Gasteiger partial charge in [0.25, 0.3) is 11.8 Å². The van der Waals surface area contributed by atoms with Crippen LogP contribution < -0.4 is 24.4 Å². The molecule has 1 atom stereocenters. The number of anilines is 1. The summed E-state index contributed by atoms with van der Waals surface area (Å²) in [6.45, 7) is 0.211. The van der Waals surface area contributed by atoms with Gasteiger partial charge >= 0.3 is 0 Å². The van der Waals surface area contributed by atoms with Crippen molar-refractivity contribution in [3.63, 3.8) is 0 Å². The van der Waals surface area contributed by atoms with Crippen molar-refractivity contribution in [2.75, 3.05) is 18.1 Å². The molecule has 210 valence electrons. The summed E-state index contributed by atoms with van der Waals surface area (Å²) in [5, 5.41) is 2.87. The Kier molecular flexibility index (Phi) is 8.61. The second kappa shape index (κ2) is 12.7. The molecule has 0 saturated carbocycles. The van der Waals surface area contributed by atoms with Gasteiger partial charge in [0.15, 0.2) is 12.7 Å². The van der Waals surface area contributed by atoms with E-state index in [0.29, 0.717) is 23.7 Å². The lowest BCUT2D eigenvalue weighted by molar-refractivity contribution is -0.128. The Morgan fingerprint density at radius 2 is 1.41 bits per heavy atom. The number of hydrogen-bond donors (Lipinski definition) is 2. The fourth-order valence-corrected chi connectivity index (χ4v) is 5.32. The van der Waals surface area contributed by atoms with Crippen molar-refractivity contribution in [1.29, 1.82) is 0 Å². The lowest BCUT2D eigenvalue weighted by Gasteiger charge is -2.34. The van der Waals surface area contributed by atoms with Crippen LogP contribution in [0.3, 0.4) is 0 Å². The number of nitrogens with one attached hydrogen (secondary N) is 2. The first-order valence-electron chi connectivity index (χ1n) is 13.0. The molecule has 2 amide bonds. The number of carbonyl (C=O) groups is 2. The molecule has 0 fully saturated rings. The largest absolute Gasteiger partial charge is 0.484 e. The van der Waals surface area contributed by atoms with E-state index in [-0.39, 0.29) is 36.4 Å². The van der Waals surface area contributed by atoms with Crippen LogP contribution in [0.2, 0.25) is 0 Å². The van der Waals surface area contributed by atoms with E-state index in [9.17, 15) is 18.0 Å². The third-order valence-corrected chi connectivity index (χ3v) is 7.90. The van der Waals surface area contributed by atoms with Gasteiger partial charge in [0.2, 0.25) is 10.0 Å². The molecule has 0 bridgehead atoms. The summed E-state index contributed by atoms with van der Waals surface area (Å²) in [6.07, 6.45) is -0.898. The fraction of sp³-hybridized carbons (Fsp3) is 0.161. The van der Waals surface area contributed by atoms with Crippen molar-refractivity contribution in [2.24, 2.45) is 0 Å². The molecule has 9 nitrogen and oxygen atoms in total. The highest BCUT2D eigenvalue weighted by molar-refractivity contribution is 7.89. The molecule has 4 aromatic rings. The number of nitrogens with zero attached hydrogens (tertiary/aromatic N) is 1. The second-order valence-corrected chi connectivity index (χ2v) is 11.1. The van der Waals surface area contributed by atoms with Crippen LogP contribution in [0.4, 0.5) is 5.69 Å². The maximum absolute atomic E-state index is 13.2. The minimum absolute atomic E-state index is 0.0180. The topological polar surface area (TPSA) is 114 Å². The zero-order chi connectivity index (χ0) is 28.7. The minimum Gasteiger partial charge on any atom is -0.484 e. The average molecular weight is 572 g/mol. The van der Waals surface area contributed by atoms with Crippen LogP contribution in [0.1, 0.15) is 11.1 Å². The third kappa shape index (κ3) is 7.10. The molecule has 1 aliphatic heterocycles. The number of para-hydroxylation sites is 2. The van der Waals surface area contributed by atoms with E-state index >= 15 is 0 Å². The molecule has 0 aromatic heterocycles. The molecule has 0 spiro atoms. The fourth-order valence-electron chi connectivity index (χ4n) is 4.30. The van der Waals surface area contributed by atoms with Crippen LogP contribution in [0, 0.1) is 0 Å². The van der Waals surface area contributed by atoms with Gasteiger partial charge in [0, 0.05) is 13.1 Å². The highest BCUT2D eigenvalue weighted by atomic mass is 32.2. The molecular formula is C31H29N3O6S. The normalized spacial score (nSPS) is 14.4. The Morgan fingerprint density at radius 1 is 0.805 bits per heavy atom. The molecule has 0 saturated heterocycles. The number of ether oxygens (including phenoxy) is 2. The maximum atomic E-state index is 13.2. The molecule has 4 aromatic carbocycles. The van der Waals surface area contributed by atoms with Gasteiger partial charge in [0.05, 0.1) is 17.1 Å². The maximum Gasteiger partial charge on any atom is 0.265 e. The predicted octanol–water partition coefficient (Wildman–Crippen LogP) is 3.65. The van der Waals surface area contributed by atoms with Crippen LogP contribution in [0.25, 0.3) is 0 Å². The van der Waals surface area contributed by atoms with Crippen molar-refractivity contribution in [3.05, 3.63) is 120 Å². The summed E-state index contributed by atoms with van der Waals surface area (Å²) < 4.78 is 39.5. The monoisotopic (exact) mass is 571 g/mol. The van der Waals surface area contributed by atoms with Gasteiger partial charge in [-0.2, -0.15) is 0 Å². The summed E-state index contributed by atoms with van der Waals surface area (Å²) in [5.41, 5.74) is 2.33. The van der Waals surface area contributed by atoms with E-state index in [1.54, 1.807) is 24.3 Å². The van der Waals surface area contributed by atoms with Gasteiger partial charge in [0.1, 0.15) is 11.5 Å². The van der Waals surface area contributed by atoms with Crippen LogP contribution in [0.15, 0.2) is 114 Å². The number of benzene rings is 4. The highest BCUT2D eigenvalue weighted by Crippen LogP contribution is 2.33. The number of sulfonamides is 1. The van der Waals surface area contributed by atoms with Crippen LogP contribution in [-0.2, 0) is 32.7 Å². The Labute approximate surface area is 238 Å². The average Bonchev–Trinajstić information content (AvgIpc) is 3.02. The van der Waals surface area contributed by atoms with Crippen LogP contribution in [0.5, 0.6) is 11.5 Å². The van der Waals surface area contributed by atoms with Gasteiger partial charge in [-0.25, -0.2) is 13.1 Å². The Hall–Kier alpha value is -4.67. The summed E-state index contributed by atoms with van der Waals surface area (Å²) in [4.78, 5) is 27.7. The molecule has 1 heterocycles. The van der Waals surface area contributed by atoms with E-state index in [4.69, 9.17) is 9.47 Å². The lowest BCUT2D eigenvalue weighted by Crippen LogP contribution is -2.51. The Bertz CT molecular complexity index is 1600. The molecular weight excluding hydrogens is 542 g/mol. The zero-order valence-electron chi connectivity index (χ0n) is 22.1. The predicted molar refractivity (Wildman–Crippen MR) is 154 cm³/mol. The van der Waals surface area contributed by atoms with Crippen molar-refractivity contribution >= 4 is 27.5 Å². The second-order valence-electron chi connectivity index (χ2n) is 9.35. The summed E-state index contributed by atoms with van der Waals surface area (Å²) in [7, 11) is -3.73. The molecule has 2 N–H and O–H groups in total. The van der Waals surface area contributed by atoms with Crippen molar-refractivity contribution < 1.29 is 27.5 Å². The van der Waals surface area contributed by atoms with E-state index in [2.05, 4.69) is 10.0 Å². The van der Waals surface area contributed by atoms with Crippen LogP contribution >= 0.6 is 0 Å². The standard InChI is InChI=1S/C31H29N3O6S/c35-30(22-39-25-15-17-26(18-16-25)41(37,38)33-20-24-11-5-2-6-12-24)34-21-29(40-28-14-8-7-13-27(28)34)31(36)32-19-23-9-3-1-4-10-23/h1-18,29,33H,19-22H2,(H,32,36)/t29-/m1/s1. The minimum atomic E-state index is -3.73. The number of carbonyl (C=O) groups excluding carboxylic acids is 2. The van der Waals surface area contributed by atoms with Crippen molar-refractivity contribution in [3.8, 4) is 11.5 Å². The molecule has 1 aliphatic rings. The van der Waals surface area contributed by atoms with E-state index < -0.39 is 16.1 Å². The molecule has 0 unspecified atom stereocenters. The van der Waals surface area contributed by atoms with E-state index in [0.717, 1.165) is 11.1 Å². The van der Waals surface area contributed by atoms with Gasteiger partial charge in [-0.05, 0) is 47.5 Å². The summed E-state index contributed by atoms with van der Waals surface area (Å²) in [5.74, 6) is 0.0474. The lowest BCUT2D eigenvalue weighted by atomic mass is 10.1. The van der Waals surface area contributed by atoms with E-state index in [1.165, 1.54) is 29.2 Å². The zero-order valence-corrected chi connectivity index (χ0v) is 22.9. The number of fused-ring (bicyclic) bond motifs is 1. The smallest absolute Gasteiger partial charge is 0.265 e. The number of rotatable bonds is 10. The molecule has 5 rings (SSSR count). The first-order chi connectivity index (χ1) is 19.9. The molecule has 41 heavy (non-hydrogen) atoms. The number of hydrogen-bond acceptors (Lipinski definition) is 6. The van der Waals surface area contributed by atoms with Gasteiger partial charge in [-0.3, -0.25) is 9.59 Å². The van der Waals surface area contributed by atoms with Crippen molar-refractivity contribution in [2.45, 2.75) is 24.1 Å². The van der Waals surface area contributed by atoms with Gasteiger partial charge in [-0.15, -0.1) is 0 Å². The first kappa shape index (κ1) is 27.9. The quantitative estimate of drug-likeness (QED) is 0.300. The summed E-state index contributed by atoms with van der Waals surface area (Å²) in [6, 6.07) is 31.6. The molecule has 0 radical (unpaired) electrons. The Morgan fingerprint density at radius 3 is 2.10 bits per heavy atom. The third-order valence-electron chi connectivity index (χ3n) is 6.48. The van der Waals surface area contributed by atoms with Gasteiger partial charge in [-0.1, -0.05) is 72.8 Å². The van der Waals surface area contributed by atoms with E-state index in [1.807, 2.05) is 60.7 Å². The van der Waals surface area contributed by atoms with Crippen molar-refractivity contribution in [1.82, 2.24) is 10.0 Å². The highest BCUT2D eigenvalue weighted by Gasteiger charge is 2.33. The SMILES string of the molecule is O=C(NCc1ccccc1)[C@H]1CN(C(=O)COc2ccc(S(=O)(=O)NCc3ccccc3)cc2)c2ccccc2O1. The van der Waals surface area contributed by atoms with Gasteiger partial charge < -0.3 is 19.7 Å². The summed E-state index contributed by atoms with van der Waals surface area (Å²) >= 11 is 0. The first-order valence-corrected chi connectivity index (χ1v) is 14.5. The molecule has 10 heteroatoms. The Balaban J connectivity index is 1.19. The molecule has 0 aliphatic carbocycles.